The van der Waals surface area contributed by atoms with Crippen molar-refractivity contribution in [2.24, 2.45) is 11.8 Å². The maximum absolute atomic E-state index is 10.6. The van der Waals surface area contributed by atoms with Crippen LogP contribution in [0.5, 0.6) is 0 Å². The van der Waals surface area contributed by atoms with Crippen molar-refractivity contribution in [1.29, 1.82) is 0 Å². The molecule has 0 aromatic heterocycles. The Labute approximate surface area is 53.0 Å². The van der Waals surface area contributed by atoms with E-state index in [0.29, 0.717) is 6.42 Å². The maximum atomic E-state index is 10.6. The molecule has 0 aliphatic heterocycles. The number of esters is 1. The van der Waals surface area contributed by atoms with Gasteiger partial charge in [-0.3, -0.25) is 4.79 Å². The molecule has 0 N–H and O–H groups in total. The van der Waals surface area contributed by atoms with Gasteiger partial charge in [0.1, 0.15) is 6.29 Å². The van der Waals surface area contributed by atoms with Crippen molar-refractivity contribution in [1.82, 2.24) is 0 Å². The molecule has 50 valence electrons. The fourth-order valence-corrected chi connectivity index (χ4v) is 0.787. The second-order valence-electron chi connectivity index (χ2n) is 2.17. The Morgan fingerprint density at radius 2 is 2.44 bits per heavy atom. The standard InChI is InChI=1S/C6H8O3/c1-9-6(8)5-2-4(5)3-7/h3-5H,2H2,1H3/t4-,5-/m0/s1. The molecule has 0 spiro atoms. The van der Waals surface area contributed by atoms with Crippen LogP contribution < -0.4 is 0 Å². The van der Waals surface area contributed by atoms with Crippen LogP contribution in [0.2, 0.25) is 0 Å². The summed E-state index contributed by atoms with van der Waals surface area (Å²) in [6, 6.07) is 0. The van der Waals surface area contributed by atoms with Gasteiger partial charge >= 0.3 is 5.97 Å². The van der Waals surface area contributed by atoms with Crippen LogP contribution in [0.4, 0.5) is 0 Å². The Morgan fingerprint density at radius 3 is 2.78 bits per heavy atom. The molecule has 0 heterocycles. The molecule has 3 heteroatoms. The number of ether oxygens (including phenoxy) is 1. The van der Waals surface area contributed by atoms with Crippen LogP contribution in [0.15, 0.2) is 0 Å². The molecule has 0 bridgehead atoms. The number of carbonyl (C=O) groups is 2. The van der Waals surface area contributed by atoms with Crippen molar-refractivity contribution in [2.75, 3.05) is 7.11 Å². The van der Waals surface area contributed by atoms with Gasteiger partial charge in [-0.25, -0.2) is 0 Å². The normalized spacial score (nSPS) is 31.2. The molecule has 0 radical (unpaired) electrons. The molecule has 2 atom stereocenters. The summed E-state index contributed by atoms with van der Waals surface area (Å²) in [6.07, 6.45) is 1.48. The largest absolute Gasteiger partial charge is 0.469 e. The van der Waals surface area contributed by atoms with Gasteiger partial charge in [0.05, 0.1) is 13.0 Å². The Balaban J connectivity index is 2.33. The Kier molecular flexibility index (Phi) is 1.51. The highest BCUT2D eigenvalue weighted by Crippen LogP contribution is 2.37. The van der Waals surface area contributed by atoms with E-state index in [1.165, 1.54) is 7.11 Å². The Hall–Kier alpha value is -0.860. The molecular formula is C6H8O3. The van der Waals surface area contributed by atoms with E-state index in [1.807, 2.05) is 0 Å². The van der Waals surface area contributed by atoms with E-state index in [1.54, 1.807) is 0 Å². The molecule has 1 saturated carbocycles. The number of aldehydes is 1. The van der Waals surface area contributed by atoms with E-state index >= 15 is 0 Å². The van der Waals surface area contributed by atoms with Crippen LogP contribution in [0.1, 0.15) is 6.42 Å². The van der Waals surface area contributed by atoms with Crippen molar-refractivity contribution in [3.8, 4) is 0 Å². The van der Waals surface area contributed by atoms with E-state index in [0.717, 1.165) is 6.29 Å². The molecule has 1 aliphatic rings. The fourth-order valence-electron chi connectivity index (χ4n) is 0.787. The third kappa shape index (κ3) is 1.09. The first-order valence-electron chi connectivity index (χ1n) is 2.82. The number of methoxy groups -OCH3 is 1. The first-order valence-corrected chi connectivity index (χ1v) is 2.82. The summed E-state index contributed by atoms with van der Waals surface area (Å²) in [5.74, 6) is -0.447. The molecule has 0 saturated heterocycles. The van der Waals surface area contributed by atoms with Gasteiger partial charge in [0.2, 0.25) is 0 Å². The molecular weight excluding hydrogens is 120 g/mol. The maximum Gasteiger partial charge on any atom is 0.309 e. The van der Waals surface area contributed by atoms with Gasteiger partial charge < -0.3 is 9.53 Å². The predicted octanol–water partition coefficient (Wildman–Crippen LogP) is -0.00560. The average Bonchev–Trinajstić information content (AvgIpc) is 2.64. The second-order valence-corrected chi connectivity index (χ2v) is 2.17. The quantitative estimate of drug-likeness (QED) is 0.388. The molecule has 1 rings (SSSR count). The summed E-state index contributed by atoms with van der Waals surface area (Å²) in [5.41, 5.74) is 0. The Morgan fingerprint density at radius 1 is 1.78 bits per heavy atom. The summed E-state index contributed by atoms with van der Waals surface area (Å²) in [7, 11) is 1.34. The third-order valence-electron chi connectivity index (χ3n) is 1.52. The molecule has 9 heavy (non-hydrogen) atoms. The molecule has 3 nitrogen and oxygen atoms in total. The minimum atomic E-state index is -0.257. The van der Waals surface area contributed by atoms with Gasteiger partial charge in [0, 0.05) is 5.92 Å². The number of rotatable bonds is 2. The topological polar surface area (TPSA) is 43.4 Å². The number of hydrogen-bond acceptors (Lipinski definition) is 3. The van der Waals surface area contributed by atoms with Gasteiger partial charge in [0.25, 0.3) is 0 Å². The van der Waals surface area contributed by atoms with Crippen molar-refractivity contribution in [3.05, 3.63) is 0 Å². The molecule has 0 amide bonds. The Bertz CT molecular complexity index is 141. The fraction of sp³-hybridized carbons (Fsp3) is 0.667. The third-order valence-corrected chi connectivity index (χ3v) is 1.52. The van der Waals surface area contributed by atoms with Crippen LogP contribution in [0.3, 0.4) is 0 Å². The van der Waals surface area contributed by atoms with Gasteiger partial charge in [-0.05, 0) is 6.42 Å². The van der Waals surface area contributed by atoms with Crippen LogP contribution in [0.25, 0.3) is 0 Å². The SMILES string of the molecule is COC(=O)[C@H]1C[C@H]1C=O. The molecule has 1 aliphatic carbocycles. The van der Waals surface area contributed by atoms with E-state index in [-0.39, 0.29) is 17.8 Å². The summed E-state index contributed by atoms with van der Waals surface area (Å²) >= 11 is 0. The lowest BCUT2D eigenvalue weighted by atomic mass is 10.3. The highest BCUT2D eigenvalue weighted by atomic mass is 16.5. The predicted molar refractivity (Wildman–Crippen MR) is 29.7 cm³/mol. The number of hydrogen-bond donors (Lipinski definition) is 0. The van der Waals surface area contributed by atoms with Gasteiger partial charge in [0.15, 0.2) is 0 Å². The molecule has 0 aromatic carbocycles. The lowest BCUT2D eigenvalue weighted by Gasteiger charge is -1.91. The summed E-state index contributed by atoms with van der Waals surface area (Å²) in [5, 5.41) is 0. The highest BCUT2D eigenvalue weighted by Gasteiger charge is 2.43. The van der Waals surface area contributed by atoms with Gasteiger partial charge in [-0.15, -0.1) is 0 Å². The number of carbonyl (C=O) groups excluding carboxylic acids is 2. The van der Waals surface area contributed by atoms with Crippen molar-refractivity contribution >= 4 is 12.3 Å². The minimum Gasteiger partial charge on any atom is -0.469 e. The van der Waals surface area contributed by atoms with Crippen LogP contribution >= 0.6 is 0 Å². The first-order chi connectivity index (χ1) is 4.29. The monoisotopic (exact) mass is 128 g/mol. The summed E-state index contributed by atoms with van der Waals surface area (Å²) in [6.45, 7) is 0. The average molecular weight is 128 g/mol. The van der Waals surface area contributed by atoms with Crippen molar-refractivity contribution in [3.63, 3.8) is 0 Å². The lowest BCUT2D eigenvalue weighted by Crippen LogP contribution is -2.04. The first kappa shape index (κ1) is 6.26. The van der Waals surface area contributed by atoms with E-state index in [4.69, 9.17) is 0 Å². The molecule has 0 unspecified atom stereocenters. The highest BCUT2D eigenvalue weighted by molar-refractivity contribution is 5.81. The second kappa shape index (κ2) is 2.17. The van der Waals surface area contributed by atoms with E-state index in [2.05, 4.69) is 4.74 Å². The van der Waals surface area contributed by atoms with E-state index in [9.17, 15) is 9.59 Å². The van der Waals surface area contributed by atoms with Crippen LogP contribution in [0, 0.1) is 11.8 Å². The smallest absolute Gasteiger partial charge is 0.309 e. The zero-order valence-electron chi connectivity index (χ0n) is 5.16. The van der Waals surface area contributed by atoms with Gasteiger partial charge in [-0.1, -0.05) is 0 Å². The van der Waals surface area contributed by atoms with Crippen molar-refractivity contribution < 1.29 is 14.3 Å². The zero-order chi connectivity index (χ0) is 6.85. The minimum absolute atomic E-state index is 0.0579. The summed E-state index contributed by atoms with van der Waals surface area (Å²) < 4.78 is 4.41. The molecule has 1 fully saturated rings. The van der Waals surface area contributed by atoms with E-state index < -0.39 is 0 Å². The molecule has 0 aromatic rings. The van der Waals surface area contributed by atoms with Crippen LogP contribution in [-0.2, 0) is 14.3 Å². The van der Waals surface area contributed by atoms with Crippen molar-refractivity contribution in [2.45, 2.75) is 6.42 Å². The van der Waals surface area contributed by atoms with Crippen LogP contribution in [-0.4, -0.2) is 19.4 Å². The zero-order valence-corrected chi connectivity index (χ0v) is 5.16. The summed E-state index contributed by atoms with van der Waals surface area (Å²) in [4.78, 5) is 20.6. The lowest BCUT2D eigenvalue weighted by molar-refractivity contribution is -0.142. The van der Waals surface area contributed by atoms with Gasteiger partial charge in [-0.2, -0.15) is 0 Å².